The molecule has 1 spiro atoms. The summed E-state index contributed by atoms with van der Waals surface area (Å²) < 4.78 is 5.22. The van der Waals surface area contributed by atoms with Gasteiger partial charge in [-0.1, -0.05) is 60.8 Å². The zero-order valence-corrected chi connectivity index (χ0v) is 25.2. The van der Waals surface area contributed by atoms with Crippen LogP contribution in [0.1, 0.15) is 61.6 Å². The van der Waals surface area contributed by atoms with Crippen molar-refractivity contribution in [2.45, 2.75) is 76.4 Å². The zero-order chi connectivity index (χ0) is 29.3. The smallest absolute Gasteiger partial charge is 0.308 e. The number of carbonyl (C=O) groups excluding carboxylic acids is 3. The van der Waals surface area contributed by atoms with E-state index < -0.39 is 6.04 Å². The summed E-state index contributed by atoms with van der Waals surface area (Å²) in [5, 5.41) is 7.12. The first-order chi connectivity index (χ1) is 20.4. The SMILES string of the molecule is COC(=O)[C@@H]1CC2(CCN(C(=O)[C@H](Cc3ccc(Cl)cc3)NC(=O)[C@H]3Cc4ccccc4CN3)CC2)C2CCCCC21. The van der Waals surface area contributed by atoms with Gasteiger partial charge in [-0.2, -0.15) is 0 Å². The van der Waals surface area contributed by atoms with E-state index in [-0.39, 0.29) is 35.2 Å². The number of likely N-dealkylation sites (tertiary alicyclic amines) is 1. The molecule has 2 aromatic rings. The molecule has 5 atom stereocenters. The van der Waals surface area contributed by atoms with Gasteiger partial charge in [0.15, 0.2) is 0 Å². The molecular weight excluding hydrogens is 550 g/mol. The summed E-state index contributed by atoms with van der Waals surface area (Å²) >= 11 is 6.12. The van der Waals surface area contributed by atoms with Crippen LogP contribution in [0, 0.1) is 23.2 Å². The van der Waals surface area contributed by atoms with E-state index in [0.717, 1.165) is 31.2 Å². The lowest BCUT2D eigenvalue weighted by molar-refractivity contribution is -0.147. The molecule has 6 rings (SSSR count). The molecule has 0 aromatic heterocycles. The highest BCUT2D eigenvalue weighted by molar-refractivity contribution is 6.30. The van der Waals surface area contributed by atoms with E-state index in [4.69, 9.17) is 16.3 Å². The number of nitrogens with one attached hydrogen (secondary N) is 2. The Hall–Kier alpha value is -2.90. The average Bonchev–Trinajstić information content (AvgIpc) is 3.34. The summed E-state index contributed by atoms with van der Waals surface area (Å²) in [7, 11) is 1.50. The third-order valence-electron chi connectivity index (χ3n) is 10.7. The summed E-state index contributed by atoms with van der Waals surface area (Å²) in [5.41, 5.74) is 3.42. The van der Waals surface area contributed by atoms with Crippen molar-refractivity contribution >= 4 is 29.4 Å². The van der Waals surface area contributed by atoms with Gasteiger partial charge in [0.05, 0.1) is 19.1 Å². The van der Waals surface area contributed by atoms with Gasteiger partial charge in [-0.05, 0) is 84.6 Å². The molecule has 2 unspecified atom stereocenters. The van der Waals surface area contributed by atoms with Crippen LogP contribution in [0.3, 0.4) is 0 Å². The molecule has 42 heavy (non-hydrogen) atoms. The maximum Gasteiger partial charge on any atom is 0.308 e. The van der Waals surface area contributed by atoms with Crippen molar-refractivity contribution in [1.29, 1.82) is 0 Å². The Labute approximate surface area is 253 Å². The largest absolute Gasteiger partial charge is 0.469 e. The van der Waals surface area contributed by atoms with E-state index in [9.17, 15) is 14.4 Å². The van der Waals surface area contributed by atoms with Crippen molar-refractivity contribution in [3.8, 4) is 0 Å². The van der Waals surface area contributed by atoms with Gasteiger partial charge >= 0.3 is 5.97 Å². The molecule has 0 bridgehead atoms. The molecular formula is C34H42ClN3O4. The van der Waals surface area contributed by atoms with Crippen LogP contribution in [0.4, 0.5) is 0 Å². The Bertz CT molecular complexity index is 1310. The number of benzene rings is 2. The van der Waals surface area contributed by atoms with E-state index in [2.05, 4.69) is 22.8 Å². The molecule has 2 N–H and O–H groups in total. The van der Waals surface area contributed by atoms with Gasteiger partial charge < -0.3 is 20.3 Å². The van der Waals surface area contributed by atoms with Gasteiger partial charge in [-0.15, -0.1) is 0 Å². The van der Waals surface area contributed by atoms with E-state index >= 15 is 0 Å². The molecule has 7 nitrogen and oxygen atoms in total. The minimum Gasteiger partial charge on any atom is -0.469 e. The molecule has 0 radical (unpaired) electrons. The van der Waals surface area contributed by atoms with Gasteiger partial charge in [0.1, 0.15) is 6.04 Å². The van der Waals surface area contributed by atoms with Crippen LogP contribution in [-0.4, -0.2) is 55.0 Å². The van der Waals surface area contributed by atoms with Gasteiger partial charge in [-0.25, -0.2) is 0 Å². The van der Waals surface area contributed by atoms with Crippen molar-refractivity contribution in [2.75, 3.05) is 20.2 Å². The monoisotopic (exact) mass is 591 g/mol. The minimum atomic E-state index is -0.666. The molecule has 4 aliphatic rings. The second-order valence-electron chi connectivity index (χ2n) is 12.9. The number of nitrogens with zero attached hydrogens (tertiary/aromatic N) is 1. The third-order valence-corrected chi connectivity index (χ3v) is 10.9. The van der Waals surface area contributed by atoms with Crippen molar-refractivity contribution in [2.24, 2.45) is 23.2 Å². The molecule has 2 aromatic carbocycles. The molecule has 2 aliphatic carbocycles. The number of carbonyl (C=O) groups is 3. The molecule has 224 valence electrons. The Kier molecular flexibility index (Phi) is 8.60. The Balaban J connectivity index is 1.16. The van der Waals surface area contributed by atoms with Gasteiger partial charge in [0, 0.05) is 31.1 Å². The highest BCUT2D eigenvalue weighted by Gasteiger charge is 2.56. The molecule has 8 heteroatoms. The number of fused-ring (bicyclic) bond motifs is 3. The van der Waals surface area contributed by atoms with Crippen molar-refractivity contribution in [3.05, 3.63) is 70.2 Å². The summed E-state index contributed by atoms with van der Waals surface area (Å²) in [6, 6.07) is 14.6. The van der Waals surface area contributed by atoms with E-state index in [1.807, 2.05) is 41.3 Å². The minimum absolute atomic E-state index is 0.0207. The second-order valence-corrected chi connectivity index (χ2v) is 13.3. The van der Waals surface area contributed by atoms with Crippen LogP contribution in [0.2, 0.25) is 5.02 Å². The number of hydrogen-bond donors (Lipinski definition) is 2. The lowest BCUT2D eigenvalue weighted by atomic mass is 9.65. The first-order valence-corrected chi connectivity index (χ1v) is 16.0. The first kappa shape index (κ1) is 29.2. The van der Waals surface area contributed by atoms with Crippen LogP contribution in [0.5, 0.6) is 0 Å². The van der Waals surface area contributed by atoms with Crippen molar-refractivity contribution < 1.29 is 19.1 Å². The van der Waals surface area contributed by atoms with Crippen molar-refractivity contribution in [1.82, 2.24) is 15.5 Å². The number of rotatable bonds is 6. The van der Waals surface area contributed by atoms with Crippen LogP contribution < -0.4 is 10.6 Å². The zero-order valence-electron chi connectivity index (χ0n) is 24.4. The Morgan fingerprint density at radius 2 is 1.76 bits per heavy atom. The van der Waals surface area contributed by atoms with Crippen molar-refractivity contribution in [3.63, 3.8) is 0 Å². The summed E-state index contributed by atoms with van der Waals surface area (Å²) in [6.45, 7) is 1.93. The number of halogens is 1. The standard InChI is InChI=1S/C34H42ClN3O4/c1-42-33(41)27-20-34(28-9-5-4-8-26(27)28)14-16-38(17-15-34)32(40)30(18-22-10-12-25(35)13-11-22)37-31(39)29-19-23-6-2-3-7-24(23)21-36-29/h2-3,6-7,10-13,26-30,36H,4-5,8-9,14-21H2,1H3,(H,37,39)/t26?,27-,28?,29-,30+/m1/s1. The van der Waals surface area contributed by atoms with E-state index in [0.29, 0.717) is 49.3 Å². The highest BCUT2D eigenvalue weighted by atomic mass is 35.5. The number of hydrogen-bond acceptors (Lipinski definition) is 5. The number of methoxy groups -OCH3 is 1. The average molecular weight is 592 g/mol. The number of piperidine rings is 1. The lowest BCUT2D eigenvalue weighted by Gasteiger charge is -2.46. The van der Waals surface area contributed by atoms with Gasteiger partial charge in [-0.3, -0.25) is 14.4 Å². The fourth-order valence-electron chi connectivity index (χ4n) is 8.49. The molecule has 1 saturated heterocycles. The van der Waals surface area contributed by atoms with Gasteiger partial charge in [0.2, 0.25) is 11.8 Å². The summed E-state index contributed by atoms with van der Waals surface area (Å²) in [6.07, 6.45) is 8.34. The maximum atomic E-state index is 14.1. The predicted octanol–water partition coefficient (Wildman–Crippen LogP) is 4.69. The normalized spacial score (nSPS) is 27.0. The molecule has 2 amide bonds. The fraction of sp³-hybridized carbons (Fsp3) is 0.559. The van der Waals surface area contributed by atoms with Crippen LogP contribution in [0.15, 0.2) is 48.5 Å². The number of ether oxygens (including phenoxy) is 1. The summed E-state index contributed by atoms with van der Waals surface area (Å²) in [5.74, 6) is 0.662. The maximum absolute atomic E-state index is 14.1. The molecule has 2 heterocycles. The van der Waals surface area contributed by atoms with Crippen LogP contribution in [-0.2, 0) is 38.5 Å². The van der Waals surface area contributed by atoms with E-state index in [1.165, 1.54) is 37.5 Å². The Morgan fingerprint density at radius 1 is 1.05 bits per heavy atom. The van der Waals surface area contributed by atoms with Crippen LogP contribution in [0.25, 0.3) is 0 Å². The molecule has 2 aliphatic heterocycles. The van der Waals surface area contributed by atoms with Gasteiger partial charge in [0.25, 0.3) is 0 Å². The quantitative estimate of drug-likeness (QED) is 0.476. The lowest BCUT2D eigenvalue weighted by Crippen LogP contribution is -2.57. The number of amides is 2. The fourth-order valence-corrected chi connectivity index (χ4v) is 8.61. The topological polar surface area (TPSA) is 87.7 Å². The molecule has 2 saturated carbocycles. The number of esters is 1. The Morgan fingerprint density at radius 3 is 2.50 bits per heavy atom. The highest BCUT2D eigenvalue weighted by Crippen LogP contribution is 2.60. The summed E-state index contributed by atoms with van der Waals surface area (Å²) in [4.78, 5) is 42.3. The van der Waals surface area contributed by atoms with Crippen LogP contribution >= 0.6 is 11.6 Å². The first-order valence-electron chi connectivity index (χ1n) is 15.6. The second kappa shape index (κ2) is 12.4. The molecule has 3 fully saturated rings. The third kappa shape index (κ3) is 5.83. The van der Waals surface area contributed by atoms with E-state index in [1.54, 1.807) is 0 Å². The predicted molar refractivity (Wildman–Crippen MR) is 162 cm³/mol.